The fourth-order valence-corrected chi connectivity index (χ4v) is 3.66. The SMILES string of the molecule is CNCCCON=C1c2ccc(Cl)cc2OC2(c3ccc(F)cc3)CC12. The molecule has 1 fully saturated rings. The van der Waals surface area contributed by atoms with E-state index in [-0.39, 0.29) is 11.7 Å². The molecule has 0 radical (unpaired) electrons. The molecule has 0 saturated heterocycles. The molecule has 2 aliphatic rings. The Labute approximate surface area is 156 Å². The van der Waals surface area contributed by atoms with Crippen LogP contribution in [0.5, 0.6) is 5.75 Å². The number of oxime groups is 1. The number of hydrogen-bond acceptors (Lipinski definition) is 4. The minimum absolute atomic E-state index is 0.0888. The molecular formula is C20H20ClFN2O2. The van der Waals surface area contributed by atoms with E-state index in [2.05, 4.69) is 10.5 Å². The Balaban J connectivity index is 1.66. The maximum absolute atomic E-state index is 13.3. The fraction of sp³-hybridized carbons (Fsp3) is 0.350. The van der Waals surface area contributed by atoms with Gasteiger partial charge in [0.25, 0.3) is 0 Å². The van der Waals surface area contributed by atoms with E-state index in [1.54, 1.807) is 18.2 Å². The zero-order valence-corrected chi connectivity index (χ0v) is 15.2. The van der Waals surface area contributed by atoms with Crippen LogP contribution in [-0.2, 0) is 10.4 Å². The number of nitrogens with one attached hydrogen (secondary N) is 1. The molecule has 0 aromatic heterocycles. The molecule has 1 N–H and O–H groups in total. The number of rotatable bonds is 6. The number of fused-ring (bicyclic) bond motifs is 2. The van der Waals surface area contributed by atoms with Gasteiger partial charge < -0.3 is 14.9 Å². The van der Waals surface area contributed by atoms with Gasteiger partial charge in [-0.3, -0.25) is 0 Å². The number of hydrogen-bond donors (Lipinski definition) is 1. The van der Waals surface area contributed by atoms with E-state index in [0.29, 0.717) is 17.4 Å². The van der Waals surface area contributed by atoms with Crippen molar-refractivity contribution in [3.8, 4) is 5.75 Å². The second kappa shape index (κ2) is 6.89. The summed E-state index contributed by atoms with van der Waals surface area (Å²) in [5.74, 6) is 0.516. The largest absolute Gasteiger partial charge is 0.481 e. The molecule has 0 amide bonds. The molecule has 0 bridgehead atoms. The third-order valence-corrected chi connectivity index (χ3v) is 5.15. The second-order valence-corrected chi connectivity index (χ2v) is 7.10. The van der Waals surface area contributed by atoms with Crippen LogP contribution in [0.2, 0.25) is 5.02 Å². The van der Waals surface area contributed by atoms with Crippen LogP contribution in [0.25, 0.3) is 0 Å². The molecule has 1 saturated carbocycles. The average Bonchev–Trinajstić information content (AvgIpc) is 3.36. The Bertz CT molecular complexity index is 840. The van der Waals surface area contributed by atoms with Crippen LogP contribution in [0, 0.1) is 11.7 Å². The van der Waals surface area contributed by atoms with Gasteiger partial charge >= 0.3 is 0 Å². The van der Waals surface area contributed by atoms with E-state index >= 15 is 0 Å². The summed E-state index contributed by atoms with van der Waals surface area (Å²) in [4.78, 5) is 5.56. The minimum Gasteiger partial charge on any atom is -0.481 e. The van der Waals surface area contributed by atoms with Crippen LogP contribution in [0.15, 0.2) is 47.6 Å². The lowest BCUT2D eigenvalue weighted by Gasteiger charge is -2.27. The highest BCUT2D eigenvalue weighted by Gasteiger charge is 2.64. The smallest absolute Gasteiger partial charge is 0.143 e. The fourth-order valence-electron chi connectivity index (χ4n) is 3.50. The van der Waals surface area contributed by atoms with Gasteiger partial charge in [0.15, 0.2) is 0 Å². The van der Waals surface area contributed by atoms with Crippen molar-refractivity contribution in [3.63, 3.8) is 0 Å². The highest BCUT2D eigenvalue weighted by molar-refractivity contribution is 6.31. The summed E-state index contributed by atoms with van der Waals surface area (Å²) in [5, 5.41) is 8.11. The summed E-state index contributed by atoms with van der Waals surface area (Å²) >= 11 is 6.15. The summed E-state index contributed by atoms with van der Waals surface area (Å²) in [7, 11) is 1.91. The van der Waals surface area contributed by atoms with Crippen molar-refractivity contribution in [3.05, 3.63) is 64.4 Å². The molecule has 6 heteroatoms. The summed E-state index contributed by atoms with van der Waals surface area (Å²) in [5.41, 5.74) is 2.20. The molecule has 2 unspecified atom stereocenters. The molecule has 2 aromatic rings. The number of benzene rings is 2. The van der Waals surface area contributed by atoms with Crippen LogP contribution < -0.4 is 10.1 Å². The van der Waals surface area contributed by atoms with Gasteiger partial charge in [0, 0.05) is 17.0 Å². The topological polar surface area (TPSA) is 42.8 Å². The van der Waals surface area contributed by atoms with Gasteiger partial charge in [-0.05, 0) is 55.9 Å². The summed E-state index contributed by atoms with van der Waals surface area (Å²) in [6.07, 6.45) is 1.66. The van der Waals surface area contributed by atoms with Gasteiger partial charge in [-0.15, -0.1) is 0 Å². The van der Waals surface area contributed by atoms with Crippen LogP contribution in [-0.4, -0.2) is 25.9 Å². The van der Waals surface area contributed by atoms with E-state index in [1.165, 1.54) is 12.1 Å². The van der Waals surface area contributed by atoms with Crippen LogP contribution >= 0.6 is 11.6 Å². The van der Waals surface area contributed by atoms with E-state index in [9.17, 15) is 4.39 Å². The van der Waals surface area contributed by atoms with Gasteiger partial charge in [-0.1, -0.05) is 28.9 Å². The monoisotopic (exact) mass is 374 g/mol. The summed E-state index contributed by atoms with van der Waals surface area (Å²) < 4.78 is 19.6. The first-order valence-corrected chi connectivity index (χ1v) is 9.11. The maximum Gasteiger partial charge on any atom is 0.143 e. The third-order valence-electron chi connectivity index (χ3n) is 4.91. The molecule has 1 aliphatic heterocycles. The molecule has 4 nitrogen and oxygen atoms in total. The zero-order valence-electron chi connectivity index (χ0n) is 14.5. The van der Waals surface area contributed by atoms with Crippen LogP contribution in [0.4, 0.5) is 4.39 Å². The van der Waals surface area contributed by atoms with Crippen LogP contribution in [0.1, 0.15) is 24.0 Å². The van der Waals surface area contributed by atoms with Gasteiger partial charge in [-0.25, -0.2) is 4.39 Å². The van der Waals surface area contributed by atoms with E-state index in [4.69, 9.17) is 21.2 Å². The standard InChI is InChI=1S/C20H20ClFN2O2/c1-23-9-2-10-25-24-19-16-8-5-14(21)11-18(16)26-20(12-17(19)20)13-3-6-15(22)7-4-13/h3-8,11,17,23H,2,9-10,12H2,1H3. The van der Waals surface area contributed by atoms with Crippen molar-refractivity contribution in [2.45, 2.75) is 18.4 Å². The molecule has 1 aliphatic carbocycles. The zero-order chi connectivity index (χ0) is 18.1. The number of ether oxygens (including phenoxy) is 1. The molecule has 136 valence electrons. The highest BCUT2D eigenvalue weighted by Crippen LogP contribution is 2.60. The predicted octanol–water partition coefficient (Wildman–Crippen LogP) is 4.12. The lowest BCUT2D eigenvalue weighted by Crippen LogP contribution is -2.28. The van der Waals surface area contributed by atoms with Crippen molar-refractivity contribution in [1.29, 1.82) is 0 Å². The molecule has 1 heterocycles. The van der Waals surface area contributed by atoms with E-state index < -0.39 is 5.60 Å². The molecule has 2 aromatic carbocycles. The van der Waals surface area contributed by atoms with Gasteiger partial charge in [0.2, 0.25) is 0 Å². The second-order valence-electron chi connectivity index (χ2n) is 6.66. The lowest BCUT2D eigenvalue weighted by molar-refractivity contribution is 0.134. The Morgan fingerprint density at radius 1 is 1.31 bits per heavy atom. The predicted molar refractivity (Wildman–Crippen MR) is 99.3 cm³/mol. The maximum atomic E-state index is 13.3. The Morgan fingerprint density at radius 3 is 2.88 bits per heavy atom. The molecule has 4 rings (SSSR count). The van der Waals surface area contributed by atoms with Crippen molar-refractivity contribution in [2.75, 3.05) is 20.2 Å². The van der Waals surface area contributed by atoms with Crippen LogP contribution in [0.3, 0.4) is 0 Å². The molecular weight excluding hydrogens is 355 g/mol. The third kappa shape index (κ3) is 3.06. The average molecular weight is 375 g/mol. The van der Waals surface area contributed by atoms with Gasteiger partial charge in [0.05, 0.1) is 11.6 Å². The summed E-state index contributed by atoms with van der Waals surface area (Å²) in [6.45, 7) is 1.42. The van der Waals surface area contributed by atoms with Crippen molar-refractivity contribution >= 4 is 17.3 Å². The Kier molecular flexibility index (Phi) is 4.59. The molecule has 26 heavy (non-hydrogen) atoms. The van der Waals surface area contributed by atoms with Crippen molar-refractivity contribution in [1.82, 2.24) is 5.32 Å². The first-order chi connectivity index (χ1) is 12.6. The number of halogens is 2. The van der Waals surface area contributed by atoms with Gasteiger partial charge in [0.1, 0.15) is 23.8 Å². The van der Waals surface area contributed by atoms with E-state index in [0.717, 1.165) is 36.2 Å². The first kappa shape index (κ1) is 17.3. The first-order valence-electron chi connectivity index (χ1n) is 8.73. The summed E-state index contributed by atoms with van der Waals surface area (Å²) in [6, 6.07) is 12.0. The Morgan fingerprint density at radius 2 is 2.12 bits per heavy atom. The normalized spacial score (nSPS) is 24.6. The quantitative estimate of drug-likeness (QED) is 0.611. The minimum atomic E-state index is -0.515. The van der Waals surface area contributed by atoms with Crippen molar-refractivity contribution in [2.24, 2.45) is 11.1 Å². The Hall–Kier alpha value is -2.11. The van der Waals surface area contributed by atoms with E-state index in [1.807, 2.05) is 19.2 Å². The van der Waals surface area contributed by atoms with Crippen molar-refractivity contribution < 1.29 is 14.0 Å². The highest BCUT2D eigenvalue weighted by atomic mass is 35.5. The lowest BCUT2D eigenvalue weighted by atomic mass is 9.95. The molecule has 2 atom stereocenters. The number of nitrogens with zero attached hydrogens (tertiary/aromatic N) is 1. The van der Waals surface area contributed by atoms with Gasteiger partial charge in [-0.2, -0.15) is 0 Å². The molecule has 0 spiro atoms.